The summed E-state index contributed by atoms with van der Waals surface area (Å²) in [6.45, 7) is 12.7. The Bertz CT molecular complexity index is 333. The zero-order valence-corrected chi connectivity index (χ0v) is 14.7. The van der Waals surface area contributed by atoms with E-state index in [1.807, 2.05) is 0 Å². The molecular formula is C17H35N3O. The molecule has 4 heteroatoms. The molecule has 0 spiro atoms. The van der Waals surface area contributed by atoms with E-state index in [4.69, 9.17) is 5.73 Å². The molecule has 0 heterocycles. The molecule has 0 bridgehead atoms. The molecular weight excluding hydrogens is 262 g/mol. The lowest BCUT2D eigenvalue weighted by atomic mass is 9.76. The van der Waals surface area contributed by atoms with Crippen LogP contribution in [0.2, 0.25) is 0 Å². The van der Waals surface area contributed by atoms with Crippen LogP contribution in [0.5, 0.6) is 0 Å². The highest BCUT2D eigenvalue weighted by atomic mass is 16.2. The Labute approximate surface area is 130 Å². The van der Waals surface area contributed by atoms with E-state index < -0.39 is 0 Å². The number of hydrogen-bond acceptors (Lipinski definition) is 3. The standard InChI is InChI=1S/C17H35N3O/c1-6-16(4,5)19-15(21)12-20(7-2)17(13-18)10-8-14(3)9-11-17/h14H,6-13,18H2,1-5H3,(H,19,21). The van der Waals surface area contributed by atoms with Crippen LogP contribution < -0.4 is 11.1 Å². The monoisotopic (exact) mass is 297 g/mol. The van der Waals surface area contributed by atoms with Gasteiger partial charge in [0.05, 0.1) is 6.54 Å². The average Bonchev–Trinajstić information content (AvgIpc) is 2.46. The number of nitrogens with one attached hydrogen (secondary N) is 1. The predicted molar refractivity (Wildman–Crippen MR) is 89.2 cm³/mol. The van der Waals surface area contributed by atoms with Crippen LogP contribution in [0.1, 0.15) is 66.7 Å². The van der Waals surface area contributed by atoms with Crippen LogP contribution in [-0.4, -0.2) is 41.5 Å². The molecule has 0 aliphatic heterocycles. The highest BCUT2D eigenvalue weighted by Gasteiger charge is 2.38. The molecule has 0 aromatic rings. The van der Waals surface area contributed by atoms with Gasteiger partial charge in [0.25, 0.3) is 0 Å². The van der Waals surface area contributed by atoms with Gasteiger partial charge in [-0.3, -0.25) is 9.69 Å². The van der Waals surface area contributed by atoms with Crippen molar-refractivity contribution in [1.29, 1.82) is 0 Å². The molecule has 1 saturated carbocycles. The summed E-state index contributed by atoms with van der Waals surface area (Å²) in [5.41, 5.74) is 6.01. The number of nitrogens with two attached hydrogens (primary N) is 1. The maximum absolute atomic E-state index is 12.4. The van der Waals surface area contributed by atoms with Crippen LogP contribution in [0.4, 0.5) is 0 Å². The Morgan fingerprint density at radius 3 is 2.33 bits per heavy atom. The first-order valence-electron chi connectivity index (χ1n) is 8.54. The van der Waals surface area contributed by atoms with Gasteiger partial charge in [-0.15, -0.1) is 0 Å². The Kier molecular flexibility index (Phi) is 6.67. The maximum atomic E-state index is 12.4. The lowest BCUT2D eigenvalue weighted by Crippen LogP contribution is -2.59. The zero-order chi connectivity index (χ0) is 16.1. The summed E-state index contributed by atoms with van der Waals surface area (Å²) >= 11 is 0. The number of likely N-dealkylation sites (N-methyl/N-ethyl adjacent to an activating group) is 1. The number of amides is 1. The molecule has 0 atom stereocenters. The van der Waals surface area contributed by atoms with Gasteiger partial charge in [0, 0.05) is 17.6 Å². The Balaban J connectivity index is 2.70. The Morgan fingerprint density at radius 2 is 1.90 bits per heavy atom. The number of carbonyl (C=O) groups excluding carboxylic acids is 1. The van der Waals surface area contributed by atoms with E-state index in [2.05, 4.69) is 44.8 Å². The van der Waals surface area contributed by atoms with Crippen LogP contribution in [0.3, 0.4) is 0 Å². The van der Waals surface area contributed by atoms with Crippen LogP contribution in [0.15, 0.2) is 0 Å². The van der Waals surface area contributed by atoms with Gasteiger partial charge in [-0.05, 0) is 58.4 Å². The maximum Gasteiger partial charge on any atom is 0.234 e. The van der Waals surface area contributed by atoms with Crippen LogP contribution >= 0.6 is 0 Å². The molecule has 3 N–H and O–H groups in total. The molecule has 0 aromatic carbocycles. The van der Waals surface area contributed by atoms with Gasteiger partial charge in [-0.1, -0.05) is 20.8 Å². The molecule has 1 aliphatic rings. The van der Waals surface area contributed by atoms with E-state index in [9.17, 15) is 4.79 Å². The van der Waals surface area contributed by atoms with Crippen molar-refractivity contribution < 1.29 is 4.79 Å². The van der Waals surface area contributed by atoms with E-state index >= 15 is 0 Å². The number of nitrogens with zero attached hydrogens (tertiary/aromatic N) is 1. The van der Waals surface area contributed by atoms with Gasteiger partial charge in [0.15, 0.2) is 0 Å². The summed E-state index contributed by atoms with van der Waals surface area (Å²) in [5.74, 6) is 0.909. The summed E-state index contributed by atoms with van der Waals surface area (Å²) in [6.07, 6.45) is 5.60. The normalized spacial score (nSPS) is 26.9. The summed E-state index contributed by atoms with van der Waals surface area (Å²) in [5, 5.41) is 3.14. The molecule has 0 saturated heterocycles. The van der Waals surface area contributed by atoms with E-state index in [0.717, 1.165) is 31.7 Å². The minimum atomic E-state index is -0.131. The third kappa shape index (κ3) is 4.96. The third-order valence-corrected chi connectivity index (χ3v) is 5.33. The van der Waals surface area contributed by atoms with Crippen molar-refractivity contribution in [3.63, 3.8) is 0 Å². The molecule has 124 valence electrons. The SMILES string of the molecule is CCN(CC(=O)NC(C)(C)CC)C1(CN)CCC(C)CC1. The second-order valence-corrected chi connectivity index (χ2v) is 7.41. The summed E-state index contributed by atoms with van der Waals surface area (Å²) in [7, 11) is 0. The number of rotatable bonds is 7. The summed E-state index contributed by atoms with van der Waals surface area (Å²) < 4.78 is 0. The van der Waals surface area contributed by atoms with Gasteiger partial charge in [-0.2, -0.15) is 0 Å². The first kappa shape index (κ1) is 18.4. The topological polar surface area (TPSA) is 58.4 Å². The van der Waals surface area contributed by atoms with Crippen LogP contribution in [0, 0.1) is 5.92 Å². The molecule has 21 heavy (non-hydrogen) atoms. The van der Waals surface area contributed by atoms with Gasteiger partial charge in [0.1, 0.15) is 0 Å². The second-order valence-electron chi connectivity index (χ2n) is 7.41. The van der Waals surface area contributed by atoms with Crippen molar-refractivity contribution >= 4 is 5.91 Å². The smallest absolute Gasteiger partial charge is 0.234 e. The minimum absolute atomic E-state index is 0.0228. The molecule has 1 amide bonds. The Hall–Kier alpha value is -0.610. The molecule has 0 aromatic heterocycles. The average molecular weight is 297 g/mol. The highest BCUT2D eigenvalue weighted by Crippen LogP contribution is 2.35. The first-order valence-corrected chi connectivity index (χ1v) is 8.54. The van der Waals surface area contributed by atoms with Gasteiger partial charge in [-0.25, -0.2) is 0 Å². The molecule has 1 rings (SSSR count). The van der Waals surface area contributed by atoms with Crippen molar-refractivity contribution in [2.75, 3.05) is 19.6 Å². The van der Waals surface area contributed by atoms with Crippen molar-refractivity contribution in [2.24, 2.45) is 11.7 Å². The van der Waals surface area contributed by atoms with Gasteiger partial charge >= 0.3 is 0 Å². The molecule has 1 aliphatic carbocycles. The Morgan fingerprint density at radius 1 is 1.33 bits per heavy atom. The lowest BCUT2D eigenvalue weighted by molar-refractivity contribution is -0.126. The van der Waals surface area contributed by atoms with Crippen LogP contribution in [-0.2, 0) is 4.79 Å². The summed E-state index contributed by atoms with van der Waals surface area (Å²) in [6, 6.07) is 0. The van der Waals surface area contributed by atoms with E-state index in [1.54, 1.807) is 0 Å². The molecule has 0 unspecified atom stereocenters. The lowest BCUT2D eigenvalue weighted by Gasteiger charge is -2.47. The van der Waals surface area contributed by atoms with E-state index in [1.165, 1.54) is 12.8 Å². The van der Waals surface area contributed by atoms with Crippen molar-refractivity contribution in [3.05, 3.63) is 0 Å². The van der Waals surface area contributed by atoms with E-state index in [0.29, 0.717) is 13.1 Å². The molecule has 4 nitrogen and oxygen atoms in total. The second kappa shape index (κ2) is 7.59. The molecule has 1 fully saturated rings. The number of carbonyl (C=O) groups is 1. The highest BCUT2D eigenvalue weighted by molar-refractivity contribution is 5.78. The fourth-order valence-electron chi connectivity index (χ4n) is 3.24. The number of hydrogen-bond donors (Lipinski definition) is 2. The quantitative estimate of drug-likeness (QED) is 0.759. The molecule has 0 radical (unpaired) electrons. The predicted octanol–water partition coefficient (Wildman–Crippen LogP) is 2.52. The zero-order valence-electron chi connectivity index (χ0n) is 14.7. The van der Waals surface area contributed by atoms with Crippen molar-refractivity contribution in [3.8, 4) is 0 Å². The van der Waals surface area contributed by atoms with Crippen molar-refractivity contribution in [1.82, 2.24) is 10.2 Å². The van der Waals surface area contributed by atoms with Crippen LogP contribution in [0.25, 0.3) is 0 Å². The fourth-order valence-corrected chi connectivity index (χ4v) is 3.24. The largest absolute Gasteiger partial charge is 0.350 e. The van der Waals surface area contributed by atoms with E-state index in [-0.39, 0.29) is 17.0 Å². The van der Waals surface area contributed by atoms with Gasteiger partial charge < -0.3 is 11.1 Å². The first-order chi connectivity index (χ1) is 9.78. The van der Waals surface area contributed by atoms with Crippen molar-refractivity contribution in [2.45, 2.75) is 77.8 Å². The fraction of sp³-hybridized carbons (Fsp3) is 0.941. The minimum Gasteiger partial charge on any atom is -0.350 e. The summed E-state index contributed by atoms with van der Waals surface area (Å²) in [4.78, 5) is 14.7. The third-order valence-electron chi connectivity index (χ3n) is 5.33. The van der Waals surface area contributed by atoms with Gasteiger partial charge in [0.2, 0.25) is 5.91 Å².